The molecule has 0 radical (unpaired) electrons. The fourth-order valence-electron chi connectivity index (χ4n) is 2.42. The zero-order valence-corrected chi connectivity index (χ0v) is 11.6. The SMILES string of the molecule is CCCC1C(=O)NC(=O)N(C(C)c2ccccc2)C1=O. The lowest BCUT2D eigenvalue weighted by atomic mass is 9.97. The highest BCUT2D eigenvalue weighted by Gasteiger charge is 2.42. The van der Waals surface area contributed by atoms with E-state index < -0.39 is 29.8 Å². The van der Waals surface area contributed by atoms with Crippen molar-refractivity contribution in [2.24, 2.45) is 5.92 Å². The second-order valence-corrected chi connectivity index (χ2v) is 4.93. The van der Waals surface area contributed by atoms with Crippen LogP contribution in [0.2, 0.25) is 0 Å². The molecule has 20 heavy (non-hydrogen) atoms. The van der Waals surface area contributed by atoms with Crippen LogP contribution in [0.3, 0.4) is 0 Å². The van der Waals surface area contributed by atoms with Crippen LogP contribution < -0.4 is 5.32 Å². The molecule has 1 saturated heterocycles. The highest BCUT2D eigenvalue weighted by molar-refractivity contribution is 6.16. The number of carbonyl (C=O) groups is 3. The number of carbonyl (C=O) groups excluding carboxylic acids is 3. The van der Waals surface area contributed by atoms with E-state index in [1.165, 1.54) is 0 Å². The smallest absolute Gasteiger partial charge is 0.277 e. The van der Waals surface area contributed by atoms with Crippen molar-refractivity contribution >= 4 is 17.8 Å². The normalized spacial score (nSPS) is 20.8. The van der Waals surface area contributed by atoms with Crippen molar-refractivity contribution in [1.29, 1.82) is 0 Å². The van der Waals surface area contributed by atoms with E-state index in [1.807, 2.05) is 37.3 Å². The number of hydrogen-bond donors (Lipinski definition) is 1. The second-order valence-electron chi connectivity index (χ2n) is 4.93. The van der Waals surface area contributed by atoms with Gasteiger partial charge in [0.1, 0.15) is 5.92 Å². The van der Waals surface area contributed by atoms with Gasteiger partial charge in [0.05, 0.1) is 6.04 Å². The van der Waals surface area contributed by atoms with Gasteiger partial charge in [0.15, 0.2) is 0 Å². The van der Waals surface area contributed by atoms with Gasteiger partial charge in [-0.15, -0.1) is 0 Å². The molecule has 0 bridgehead atoms. The molecular formula is C15H18N2O3. The summed E-state index contributed by atoms with van der Waals surface area (Å²) in [7, 11) is 0. The highest BCUT2D eigenvalue weighted by atomic mass is 16.2. The third-order valence-corrected chi connectivity index (χ3v) is 3.55. The monoisotopic (exact) mass is 274 g/mol. The first-order valence-corrected chi connectivity index (χ1v) is 6.79. The van der Waals surface area contributed by atoms with Crippen LogP contribution in [0.15, 0.2) is 30.3 Å². The quantitative estimate of drug-likeness (QED) is 0.856. The standard InChI is InChI=1S/C15H18N2O3/c1-3-7-12-13(18)16-15(20)17(14(12)19)10(2)11-8-5-4-6-9-11/h4-6,8-10,12H,3,7H2,1-2H3,(H,16,18,20). The van der Waals surface area contributed by atoms with E-state index in [0.717, 1.165) is 10.5 Å². The molecule has 106 valence electrons. The number of nitrogens with zero attached hydrogens (tertiary/aromatic N) is 1. The van der Waals surface area contributed by atoms with Crippen molar-refractivity contribution in [3.05, 3.63) is 35.9 Å². The van der Waals surface area contributed by atoms with E-state index in [0.29, 0.717) is 12.8 Å². The Kier molecular flexibility index (Phi) is 4.17. The summed E-state index contributed by atoms with van der Waals surface area (Å²) in [5.74, 6) is -1.65. The fourth-order valence-corrected chi connectivity index (χ4v) is 2.42. The molecule has 0 saturated carbocycles. The van der Waals surface area contributed by atoms with Gasteiger partial charge in [-0.1, -0.05) is 43.7 Å². The van der Waals surface area contributed by atoms with Crippen LogP contribution >= 0.6 is 0 Å². The number of amides is 4. The summed E-state index contributed by atoms with van der Waals surface area (Å²) in [5, 5.41) is 2.27. The predicted molar refractivity (Wildman–Crippen MR) is 73.6 cm³/mol. The van der Waals surface area contributed by atoms with Gasteiger partial charge in [-0.05, 0) is 18.9 Å². The molecule has 2 atom stereocenters. The Morgan fingerprint density at radius 2 is 1.85 bits per heavy atom. The van der Waals surface area contributed by atoms with E-state index in [1.54, 1.807) is 6.92 Å². The average molecular weight is 274 g/mol. The van der Waals surface area contributed by atoms with Gasteiger partial charge in [0.2, 0.25) is 11.8 Å². The molecule has 0 spiro atoms. The van der Waals surface area contributed by atoms with Crippen molar-refractivity contribution in [2.75, 3.05) is 0 Å². The molecule has 1 aromatic rings. The number of benzene rings is 1. The van der Waals surface area contributed by atoms with E-state index >= 15 is 0 Å². The number of urea groups is 1. The molecule has 0 aliphatic carbocycles. The Labute approximate surface area is 118 Å². The molecule has 2 rings (SSSR count). The Morgan fingerprint density at radius 1 is 1.20 bits per heavy atom. The Balaban J connectivity index is 2.27. The third-order valence-electron chi connectivity index (χ3n) is 3.55. The molecule has 5 heteroatoms. The van der Waals surface area contributed by atoms with Gasteiger partial charge < -0.3 is 0 Å². The summed E-state index contributed by atoms with van der Waals surface area (Å²) in [5.41, 5.74) is 0.862. The van der Waals surface area contributed by atoms with E-state index in [4.69, 9.17) is 0 Å². The van der Waals surface area contributed by atoms with Crippen LogP contribution in [0.5, 0.6) is 0 Å². The molecule has 1 aliphatic rings. The molecule has 5 nitrogen and oxygen atoms in total. The maximum Gasteiger partial charge on any atom is 0.331 e. The summed E-state index contributed by atoms with van der Waals surface area (Å²) in [6, 6.07) is 8.27. The van der Waals surface area contributed by atoms with Gasteiger partial charge in [-0.3, -0.25) is 19.8 Å². The zero-order valence-electron chi connectivity index (χ0n) is 11.6. The van der Waals surface area contributed by atoms with Crippen molar-refractivity contribution in [2.45, 2.75) is 32.7 Å². The third kappa shape index (κ3) is 2.57. The molecule has 1 aromatic carbocycles. The first-order valence-electron chi connectivity index (χ1n) is 6.79. The average Bonchev–Trinajstić information content (AvgIpc) is 2.44. The number of nitrogens with one attached hydrogen (secondary N) is 1. The molecule has 1 aliphatic heterocycles. The van der Waals surface area contributed by atoms with Crippen LogP contribution in [0.25, 0.3) is 0 Å². The van der Waals surface area contributed by atoms with Crippen LogP contribution in [0.1, 0.15) is 38.3 Å². The molecule has 2 unspecified atom stereocenters. The number of imide groups is 2. The fraction of sp³-hybridized carbons (Fsp3) is 0.400. The van der Waals surface area contributed by atoms with E-state index in [2.05, 4.69) is 5.32 Å². The maximum absolute atomic E-state index is 12.4. The minimum Gasteiger partial charge on any atom is -0.277 e. The summed E-state index contributed by atoms with van der Waals surface area (Å²) >= 11 is 0. The summed E-state index contributed by atoms with van der Waals surface area (Å²) in [6.07, 6.45) is 1.17. The van der Waals surface area contributed by atoms with E-state index in [-0.39, 0.29) is 0 Å². The lowest BCUT2D eigenvalue weighted by Gasteiger charge is -2.34. The van der Waals surface area contributed by atoms with Crippen molar-refractivity contribution in [3.63, 3.8) is 0 Å². The number of rotatable bonds is 4. The van der Waals surface area contributed by atoms with Crippen LogP contribution in [-0.2, 0) is 9.59 Å². The second kappa shape index (κ2) is 5.86. The maximum atomic E-state index is 12.4. The minimum absolute atomic E-state index is 0.392. The Morgan fingerprint density at radius 3 is 2.45 bits per heavy atom. The zero-order chi connectivity index (χ0) is 14.7. The van der Waals surface area contributed by atoms with Crippen molar-refractivity contribution in [3.8, 4) is 0 Å². The summed E-state index contributed by atoms with van der Waals surface area (Å²) in [4.78, 5) is 37.2. The van der Waals surface area contributed by atoms with Gasteiger partial charge in [0.25, 0.3) is 0 Å². The first kappa shape index (κ1) is 14.2. The number of barbiturate groups is 1. The largest absolute Gasteiger partial charge is 0.331 e. The molecule has 0 aromatic heterocycles. The van der Waals surface area contributed by atoms with Crippen molar-refractivity contribution < 1.29 is 14.4 Å². The van der Waals surface area contributed by atoms with E-state index in [9.17, 15) is 14.4 Å². The lowest BCUT2D eigenvalue weighted by molar-refractivity contribution is -0.144. The van der Waals surface area contributed by atoms with Gasteiger partial charge in [0, 0.05) is 0 Å². The summed E-state index contributed by atoms with van der Waals surface area (Å²) < 4.78 is 0. The molecular weight excluding hydrogens is 256 g/mol. The molecule has 1 fully saturated rings. The number of hydrogen-bond acceptors (Lipinski definition) is 3. The molecule has 4 amide bonds. The summed E-state index contributed by atoms with van der Waals surface area (Å²) in [6.45, 7) is 3.69. The highest BCUT2D eigenvalue weighted by Crippen LogP contribution is 2.26. The Bertz CT molecular complexity index is 527. The van der Waals surface area contributed by atoms with Gasteiger partial charge in [-0.2, -0.15) is 0 Å². The molecule has 1 heterocycles. The Hall–Kier alpha value is -2.17. The van der Waals surface area contributed by atoms with Gasteiger partial charge in [-0.25, -0.2) is 4.79 Å². The van der Waals surface area contributed by atoms with Crippen LogP contribution in [0.4, 0.5) is 4.79 Å². The minimum atomic E-state index is -0.760. The predicted octanol–water partition coefficient (Wildman–Crippen LogP) is 2.24. The molecule has 1 N–H and O–H groups in total. The van der Waals surface area contributed by atoms with Gasteiger partial charge >= 0.3 is 6.03 Å². The lowest BCUT2D eigenvalue weighted by Crippen LogP contribution is -2.58. The van der Waals surface area contributed by atoms with Crippen LogP contribution in [0, 0.1) is 5.92 Å². The first-order chi connectivity index (χ1) is 9.56. The van der Waals surface area contributed by atoms with Crippen molar-refractivity contribution in [1.82, 2.24) is 10.2 Å². The van der Waals surface area contributed by atoms with Crippen LogP contribution in [-0.4, -0.2) is 22.7 Å². The topological polar surface area (TPSA) is 66.5 Å².